The molecule has 2 aromatic heterocycles. The Balaban J connectivity index is 1.79. The number of benzene rings is 1. The van der Waals surface area contributed by atoms with Crippen molar-refractivity contribution in [3.8, 4) is 0 Å². The lowest BCUT2D eigenvalue weighted by Gasteiger charge is -2.11. The van der Waals surface area contributed by atoms with Crippen LogP contribution >= 0.6 is 23.1 Å². The fourth-order valence-corrected chi connectivity index (χ4v) is 4.13. The van der Waals surface area contributed by atoms with E-state index >= 15 is 0 Å². The van der Waals surface area contributed by atoms with Gasteiger partial charge in [0.2, 0.25) is 5.91 Å². The van der Waals surface area contributed by atoms with Gasteiger partial charge in [-0.15, -0.1) is 17.9 Å². The van der Waals surface area contributed by atoms with Gasteiger partial charge in [0.1, 0.15) is 4.83 Å². The van der Waals surface area contributed by atoms with Crippen molar-refractivity contribution >= 4 is 44.9 Å². The highest BCUT2D eigenvalue weighted by atomic mass is 32.2. The van der Waals surface area contributed by atoms with E-state index in [4.69, 9.17) is 0 Å². The van der Waals surface area contributed by atoms with Crippen molar-refractivity contribution < 1.29 is 4.79 Å². The molecule has 0 saturated carbocycles. The minimum atomic E-state index is -0.130. The third-order valence-corrected chi connectivity index (χ3v) is 5.64. The van der Waals surface area contributed by atoms with Crippen molar-refractivity contribution in [3.05, 3.63) is 63.8 Å². The molecule has 1 amide bonds. The van der Waals surface area contributed by atoms with Crippen LogP contribution in [0.25, 0.3) is 10.2 Å². The van der Waals surface area contributed by atoms with Gasteiger partial charge in [-0.2, -0.15) is 0 Å². The third kappa shape index (κ3) is 3.89. The average molecular weight is 386 g/mol. The molecule has 0 spiro atoms. The van der Waals surface area contributed by atoms with Gasteiger partial charge in [0.05, 0.1) is 11.1 Å². The number of rotatable bonds is 6. The number of nitrogens with one attached hydrogen (secondary N) is 1. The van der Waals surface area contributed by atoms with Crippen LogP contribution in [-0.2, 0) is 11.3 Å². The van der Waals surface area contributed by atoms with Crippen LogP contribution in [0.2, 0.25) is 0 Å². The van der Waals surface area contributed by atoms with E-state index in [1.54, 1.807) is 16.7 Å². The summed E-state index contributed by atoms with van der Waals surface area (Å²) in [5.74, 6) is 0.0442. The SMILES string of the molecule is C=CCn1c(SCC(=O)Nc2cc(C)ccc2C)nc2sccc2c1=O. The summed E-state index contributed by atoms with van der Waals surface area (Å²) in [5, 5.41) is 5.90. The Morgan fingerprint density at radius 3 is 2.96 bits per heavy atom. The first kappa shape index (κ1) is 18.4. The Morgan fingerprint density at radius 1 is 1.38 bits per heavy atom. The van der Waals surface area contributed by atoms with E-state index in [1.165, 1.54) is 23.1 Å². The highest BCUT2D eigenvalue weighted by Crippen LogP contribution is 2.22. The molecule has 0 radical (unpaired) electrons. The molecule has 5 nitrogen and oxygen atoms in total. The quantitative estimate of drug-likeness (QED) is 0.396. The molecule has 1 aromatic carbocycles. The molecule has 0 atom stereocenters. The van der Waals surface area contributed by atoms with Crippen LogP contribution in [0, 0.1) is 13.8 Å². The van der Waals surface area contributed by atoms with Crippen LogP contribution in [0.5, 0.6) is 0 Å². The predicted octanol–water partition coefficient (Wildman–Crippen LogP) is 3.99. The van der Waals surface area contributed by atoms with Crippen LogP contribution in [0.3, 0.4) is 0 Å². The van der Waals surface area contributed by atoms with Crippen LogP contribution in [0.15, 0.2) is 52.3 Å². The second kappa shape index (κ2) is 7.88. The van der Waals surface area contributed by atoms with Gasteiger partial charge in [0.15, 0.2) is 5.16 Å². The van der Waals surface area contributed by atoms with Gasteiger partial charge in [-0.05, 0) is 42.5 Å². The van der Waals surface area contributed by atoms with E-state index in [9.17, 15) is 9.59 Å². The van der Waals surface area contributed by atoms with Gasteiger partial charge in [-0.25, -0.2) is 4.98 Å². The highest BCUT2D eigenvalue weighted by molar-refractivity contribution is 7.99. The first-order valence-corrected chi connectivity index (χ1v) is 9.95. The van der Waals surface area contributed by atoms with E-state index in [1.807, 2.05) is 37.4 Å². The molecule has 0 aliphatic heterocycles. The van der Waals surface area contributed by atoms with E-state index in [0.29, 0.717) is 21.9 Å². The number of nitrogens with zero attached hydrogens (tertiary/aromatic N) is 2. The Bertz CT molecular complexity index is 1040. The number of allylic oxidation sites excluding steroid dienone is 1. The molecule has 3 aromatic rings. The van der Waals surface area contributed by atoms with Crippen molar-refractivity contribution in [3.63, 3.8) is 0 Å². The number of amides is 1. The lowest BCUT2D eigenvalue weighted by Crippen LogP contribution is -2.23. The van der Waals surface area contributed by atoms with Crippen molar-refractivity contribution in [2.45, 2.75) is 25.5 Å². The van der Waals surface area contributed by atoms with E-state index in [0.717, 1.165) is 16.8 Å². The van der Waals surface area contributed by atoms with E-state index < -0.39 is 0 Å². The lowest BCUT2D eigenvalue weighted by molar-refractivity contribution is -0.113. The largest absolute Gasteiger partial charge is 0.325 e. The number of hydrogen-bond acceptors (Lipinski definition) is 5. The van der Waals surface area contributed by atoms with E-state index in [2.05, 4.69) is 16.9 Å². The first-order valence-electron chi connectivity index (χ1n) is 8.08. The number of carbonyl (C=O) groups is 1. The summed E-state index contributed by atoms with van der Waals surface area (Å²) in [6.07, 6.45) is 1.65. The summed E-state index contributed by atoms with van der Waals surface area (Å²) >= 11 is 2.67. The van der Waals surface area contributed by atoms with Crippen LogP contribution in [0.4, 0.5) is 5.69 Å². The number of carbonyl (C=O) groups excluding carboxylic acids is 1. The molecule has 1 N–H and O–H groups in total. The maximum Gasteiger partial charge on any atom is 0.263 e. The zero-order chi connectivity index (χ0) is 18.7. The van der Waals surface area contributed by atoms with Gasteiger partial charge in [0, 0.05) is 12.2 Å². The lowest BCUT2D eigenvalue weighted by atomic mass is 10.1. The zero-order valence-corrected chi connectivity index (χ0v) is 16.2. The number of aromatic nitrogens is 2. The Labute approximate surface area is 159 Å². The Kier molecular flexibility index (Phi) is 5.58. The van der Waals surface area contributed by atoms with Crippen LogP contribution < -0.4 is 10.9 Å². The third-order valence-electron chi connectivity index (χ3n) is 3.86. The molecule has 0 saturated heterocycles. The van der Waals surface area contributed by atoms with Gasteiger partial charge >= 0.3 is 0 Å². The predicted molar refractivity (Wildman–Crippen MR) is 109 cm³/mol. The molecule has 0 aliphatic carbocycles. The maximum atomic E-state index is 12.6. The van der Waals surface area contributed by atoms with Crippen LogP contribution in [-0.4, -0.2) is 21.2 Å². The minimum Gasteiger partial charge on any atom is -0.325 e. The fourth-order valence-electron chi connectivity index (χ4n) is 2.52. The first-order chi connectivity index (χ1) is 12.5. The van der Waals surface area contributed by atoms with Crippen molar-refractivity contribution in [2.75, 3.05) is 11.1 Å². The number of aryl methyl sites for hydroxylation is 2. The molecule has 3 rings (SSSR count). The summed E-state index contributed by atoms with van der Waals surface area (Å²) < 4.78 is 1.55. The topological polar surface area (TPSA) is 64.0 Å². The van der Waals surface area contributed by atoms with Crippen molar-refractivity contribution in [1.82, 2.24) is 9.55 Å². The highest BCUT2D eigenvalue weighted by Gasteiger charge is 2.14. The van der Waals surface area contributed by atoms with Crippen molar-refractivity contribution in [2.24, 2.45) is 0 Å². The van der Waals surface area contributed by atoms with Crippen LogP contribution in [0.1, 0.15) is 11.1 Å². The number of fused-ring (bicyclic) bond motifs is 1. The molecule has 0 unspecified atom stereocenters. The smallest absolute Gasteiger partial charge is 0.263 e. The van der Waals surface area contributed by atoms with Gasteiger partial charge in [-0.1, -0.05) is 30.0 Å². The molecule has 26 heavy (non-hydrogen) atoms. The standard InChI is InChI=1S/C19H19N3O2S2/c1-4-8-22-18(24)14-7-9-25-17(14)21-19(22)26-11-16(23)20-15-10-12(2)5-6-13(15)3/h4-7,9-10H,1,8,11H2,2-3H3,(H,20,23). The second-order valence-electron chi connectivity index (χ2n) is 5.89. The molecule has 0 bridgehead atoms. The Hall–Kier alpha value is -2.38. The molecule has 134 valence electrons. The number of hydrogen-bond donors (Lipinski definition) is 1. The summed E-state index contributed by atoms with van der Waals surface area (Å²) in [4.78, 5) is 30.2. The molecule has 0 fully saturated rings. The number of thiophene rings is 1. The van der Waals surface area contributed by atoms with Gasteiger partial charge in [0.25, 0.3) is 5.56 Å². The number of thioether (sulfide) groups is 1. The summed E-state index contributed by atoms with van der Waals surface area (Å²) in [6.45, 7) is 8.00. The van der Waals surface area contributed by atoms with Gasteiger partial charge < -0.3 is 5.32 Å². The summed E-state index contributed by atoms with van der Waals surface area (Å²) in [5.41, 5.74) is 2.80. The molecule has 7 heteroatoms. The van der Waals surface area contributed by atoms with Crippen molar-refractivity contribution in [1.29, 1.82) is 0 Å². The Morgan fingerprint density at radius 2 is 2.19 bits per heavy atom. The molecular formula is C19H19N3O2S2. The summed E-state index contributed by atoms with van der Waals surface area (Å²) in [7, 11) is 0. The molecule has 2 heterocycles. The molecule has 0 aliphatic rings. The van der Waals surface area contributed by atoms with E-state index in [-0.39, 0.29) is 17.2 Å². The fraction of sp³-hybridized carbons (Fsp3) is 0.211. The molecular weight excluding hydrogens is 366 g/mol. The monoisotopic (exact) mass is 385 g/mol. The second-order valence-corrected chi connectivity index (χ2v) is 7.73. The number of anilines is 1. The summed E-state index contributed by atoms with van der Waals surface area (Å²) in [6, 6.07) is 7.71. The van der Waals surface area contributed by atoms with Gasteiger partial charge in [-0.3, -0.25) is 14.2 Å². The maximum absolute atomic E-state index is 12.6. The minimum absolute atomic E-state index is 0.103. The average Bonchev–Trinajstić information content (AvgIpc) is 3.08. The zero-order valence-electron chi connectivity index (χ0n) is 14.6. The normalized spacial score (nSPS) is 10.8.